The molecule has 1 aliphatic carbocycles. The summed E-state index contributed by atoms with van der Waals surface area (Å²) in [5.74, 6) is 0.0975. The smallest absolute Gasteiger partial charge is 0.287 e. The van der Waals surface area contributed by atoms with Crippen molar-refractivity contribution in [1.82, 2.24) is 29.4 Å². The Kier molecular flexibility index (Phi) is 4.81. The highest BCUT2D eigenvalue weighted by Crippen LogP contribution is 2.37. The Labute approximate surface area is 178 Å². The predicted molar refractivity (Wildman–Crippen MR) is 111 cm³/mol. The molecule has 0 fully saturated rings. The van der Waals surface area contributed by atoms with Gasteiger partial charge in [-0.3, -0.25) is 9.36 Å². The van der Waals surface area contributed by atoms with E-state index in [1.165, 1.54) is 16.6 Å². The molecule has 5 rings (SSSR count). The van der Waals surface area contributed by atoms with Gasteiger partial charge in [-0.25, -0.2) is 13.8 Å². The third kappa shape index (κ3) is 3.11. The van der Waals surface area contributed by atoms with Gasteiger partial charge in [0.25, 0.3) is 12.0 Å². The number of thiophene rings is 1. The van der Waals surface area contributed by atoms with Crippen LogP contribution in [0.15, 0.2) is 27.1 Å². The Morgan fingerprint density at radius 1 is 1.33 bits per heavy atom. The van der Waals surface area contributed by atoms with Crippen molar-refractivity contribution >= 4 is 39.0 Å². The third-order valence-corrected chi connectivity index (χ3v) is 7.42. The highest BCUT2D eigenvalue weighted by Gasteiger charge is 2.25. The molecular weight excluding hydrogens is 430 g/mol. The van der Waals surface area contributed by atoms with E-state index < -0.39 is 12.2 Å². The first kappa shape index (κ1) is 19.6. The van der Waals surface area contributed by atoms with E-state index in [4.69, 9.17) is 4.98 Å². The molecule has 0 N–H and O–H groups in total. The molecule has 0 saturated carbocycles. The van der Waals surface area contributed by atoms with Gasteiger partial charge in [0.15, 0.2) is 10.8 Å². The summed E-state index contributed by atoms with van der Waals surface area (Å²) in [6.45, 7) is 4.58. The van der Waals surface area contributed by atoms with E-state index in [0.717, 1.165) is 39.6 Å². The fourth-order valence-corrected chi connectivity index (χ4v) is 6.17. The minimum Gasteiger partial charge on any atom is -0.287 e. The zero-order valence-corrected chi connectivity index (χ0v) is 17.9. The van der Waals surface area contributed by atoms with Crippen molar-refractivity contribution in [2.24, 2.45) is 5.92 Å². The molecular formula is C19H18F2N6OS2. The SMILES string of the molecule is CCn1c(Sc2ccc3nnc(C(F)F)n3n2)nc2sc3c(c2c1=O)CCC(C)C3. The summed E-state index contributed by atoms with van der Waals surface area (Å²) in [5, 5.41) is 13.1. The van der Waals surface area contributed by atoms with Crippen LogP contribution in [-0.2, 0) is 19.4 Å². The molecule has 4 aromatic heterocycles. The average molecular weight is 449 g/mol. The van der Waals surface area contributed by atoms with Crippen LogP contribution in [0.3, 0.4) is 0 Å². The van der Waals surface area contributed by atoms with Crippen LogP contribution in [-0.4, -0.2) is 29.4 Å². The molecule has 11 heteroatoms. The lowest BCUT2D eigenvalue weighted by atomic mass is 9.89. The number of hydrogen-bond donors (Lipinski definition) is 0. The Morgan fingerprint density at radius 2 is 2.17 bits per heavy atom. The number of aryl methyl sites for hydroxylation is 1. The monoisotopic (exact) mass is 448 g/mol. The van der Waals surface area contributed by atoms with E-state index >= 15 is 0 Å². The quantitative estimate of drug-likeness (QED) is 0.437. The van der Waals surface area contributed by atoms with Crippen LogP contribution in [0.1, 0.15) is 43.0 Å². The second-order valence-corrected chi connectivity index (χ2v) is 9.45. The normalized spacial score (nSPS) is 16.6. The molecule has 0 aliphatic heterocycles. The van der Waals surface area contributed by atoms with Crippen molar-refractivity contribution in [3.05, 3.63) is 38.8 Å². The first-order valence-corrected chi connectivity index (χ1v) is 11.3. The number of rotatable bonds is 4. The molecule has 0 bridgehead atoms. The third-order valence-electron chi connectivity index (χ3n) is 5.35. The van der Waals surface area contributed by atoms with Crippen molar-refractivity contribution in [1.29, 1.82) is 0 Å². The van der Waals surface area contributed by atoms with Gasteiger partial charge >= 0.3 is 0 Å². The molecule has 0 saturated heterocycles. The molecule has 4 heterocycles. The predicted octanol–water partition coefficient (Wildman–Crippen LogP) is 4.13. The van der Waals surface area contributed by atoms with Gasteiger partial charge in [0.05, 0.1) is 5.39 Å². The molecule has 30 heavy (non-hydrogen) atoms. The highest BCUT2D eigenvalue weighted by molar-refractivity contribution is 7.99. The highest BCUT2D eigenvalue weighted by atomic mass is 32.2. The van der Waals surface area contributed by atoms with Gasteiger partial charge in [-0.1, -0.05) is 6.92 Å². The summed E-state index contributed by atoms with van der Waals surface area (Å²) in [7, 11) is 0. The van der Waals surface area contributed by atoms with Crippen LogP contribution in [0.4, 0.5) is 8.78 Å². The molecule has 0 amide bonds. The van der Waals surface area contributed by atoms with Crippen molar-refractivity contribution in [2.75, 3.05) is 0 Å². The Morgan fingerprint density at radius 3 is 2.93 bits per heavy atom. The number of halogens is 2. The van der Waals surface area contributed by atoms with Crippen LogP contribution in [0.5, 0.6) is 0 Å². The molecule has 1 atom stereocenters. The van der Waals surface area contributed by atoms with Gasteiger partial charge in [0, 0.05) is 11.4 Å². The standard InChI is InChI=1S/C19H18F2N6OS2/c1-3-26-18(28)14-10-5-4-9(2)8-11(10)29-17(14)22-19(26)30-13-7-6-12-23-24-16(15(20)21)27(12)25-13/h6-7,9,15H,3-5,8H2,1-2H3. The van der Waals surface area contributed by atoms with Crippen LogP contribution < -0.4 is 5.56 Å². The van der Waals surface area contributed by atoms with Crippen LogP contribution in [0.2, 0.25) is 0 Å². The number of nitrogens with zero attached hydrogens (tertiary/aromatic N) is 6. The maximum absolute atomic E-state index is 13.3. The van der Waals surface area contributed by atoms with E-state index in [0.29, 0.717) is 22.6 Å². The zero-order valence-electron chi connectivity index (χ0n) is 16.3. The second kappa shape index (κ2) is 7.38. The summed E-state index contributed by atoms with van der Waals surface area (Å²) in [6.07, 6.45) is 0.185. The van der Waals surface area contributed by atoms with E-state index in [1.54, 1.807) is 28.0 Å². The Bertz CT molecular complexity index is 1330. The van der Waals surface area contributed by atoms with Crippen LogP contribution in [0.25, 0.3) is 15.9 Å². The van der Waals surface area contributed by atoms with Crippen molar-refractivity contribution in [3.63, 3.8) is 0 Å². The van der Waals surface area contributed by atoms with Crippen LogP contribution in [0, 0.1) is 5.92 Å². The number of aromatic nitrogens is 6. The lowest BCUT2D eigenvalue weighted by Crippen LogP contribution is -2.23. The van der Waals surface area contributed by atoms with Gasteiger partial charge in [-0.15, -0.1) is 21.5 Å². The molecule has 1 aliphatic rings. The molecule has 0 radical (unpaired) electrons. The van der Waals surface area contributed by atoms with Gasteiger partial charge in [0.2, 0.25) is 5.82 Å². The minimum atomic E-state index is -2.78. The number of hydrogen-bond acceptors (Lipinski definition) is 7. The second-order valence-electron chi connectivity index (χ2n) is 7.38. The fourth-order valence-electron chi connectivity index (χ4n) is 3.83. The van der Waals surface area contributed by atoms with Gasteiger partial charge in [-0.05, 0) is 61.6 Å². The van der Waals surface area contributed by atoms with Gasteiger partial charge in [0.1, 0.15) is 9.86 Å². The first-order chi connectivity index (χ1) is 14.5. The maximum atomic E-state index is 13.3. The first-order valence-electron chi connectivity index (χ1n) is 9.69. The van der Waals surface area contributed by atoms with Gasteiger partial charge < -0.3 is 0 Å². The summed E-state index contributed by atoms with van der Waals surface area (Å²) in [5.41, 5.74) is 1.34. The maximum Gasteiger partial charge on any atom is 0.299 e. The largest absolute Gasteiger partial charge is 0.299 e. The molecule has 4 aromatic rings. The molecule has 156 valence electrons. The minimum absolute atomic E-state index is 0.0456. The average Bonchev–Trinajstić information content (AvgIpc) is 3.28. The molecule has 0 spiro atoms. The Hall–Kier alpha value is -2.40. The fraction of sp³-hybridized carbons (Fsp3) is 0.421. The lowest BCUT2D eigenvalue weighted by Gasteiger charge is -2.17. The van der Waals surface area contributed by atoms with Crippen molar-refractivity contribution < 1.29 is 8.78 Å². The summed E-state index contributed by atoms with van der Waals surface area (Å²) >= 11 is 2.77. The summed E-state index contributed by atoms with van der Waals surface area (Å²) in [6, 6.07) is 3.24. The van der Waals surface area contributed by atoms with E-state index in [9.17, 15) is 13.6 Å². The van der Waals surface area contributed by atoms with E-state index in [2.05, 4.69) is 22.2 Å². The summed E-state index contributed by atoms with van der Waals surface area (Å²) in [4.78, 5) is 20.0. The number of alkyl halides is 2. The topological polar surface area (TPSA) is 78.0 Å². The number of fused-ring (bicyclic) bond motifs is 4. The molecule has 7 nitrogen and oxygen atoms in total. The summed E-state index contributed by atoms with van der Waals surface area (Å²) < 4.78 is 29.0. The molecule has 0 aromatic carbocycles. The van der Waals surface area contributed by atoms with Crippen LogP contribution >= 0.6 is 23.1 Å². The van der Waals surface area contributed by atoms with Gasteiger partial charge in [-0.2, -0.15) is 9.61 Å². The van der Waals surface area contributed by atoms with Crippen molar-refractivity contribution in [2.45, 2.75) is 56.3 Å². The lowest BCUT2D eigenvalue weighted by molar-refractivity contribution is 0.137. The van der Waals surface area contributed by atoms with E-state index in [-0.39, 0.29) is 11.2 Å². The van der Waals surface area contributed by atoms with E-state index in [1.807, 2.05) is 6.92 Å². The molecule has 1 unspecified atom stereocenters. The Balaban J connectivity index is 1.61. The van der Waals surface area contributed by atoms with Crippen molar-refractivity contribution in [3.8, 4) is 0 Å². The zero-order chi connectivity index (χ0) is 21.0.